The Morgan fingerprint density at radius 3 is 2.46 bits per heavy atom. The highest BCUT2D eigenvalue weighted by molar-refractivity contribution is 7.89. The zero-order valence-corrected chi connectivity index (χ0v) is 16.4. The molecular formula is C20H21NO6S. The molecule has 0 unspecified atom stereocenters. The van der Waals surface area contributed by atoms with Gasteiger partial charge in [0, 0.05) is 10.8 Å². The van der Waals surface area contributed by atoms with Gasteiger partial charge in [-0.15, -0.1) is 0 Å². The SMILES string of the molecule is CCOC(=O)c1ccc(CNS(=O)(=O)c2ccc(OCC)c3ccccc23)o1. The standard InChI is InChI=1S/C20H21NO6S/c1-3-25-17-11-12-19(16-8-6-5-7-15(16)17)28(23,24)21-13-14-9-10-18(27-14)20(22)26-4-2/h5-12,21H,3-4,13H2,1-2H3. The molecule has 1 heterocycles. The summed E-state index contributed by atoms with van der Waals surface area (Å²) >= 11 is 0. The molecule has 28 heavy (non-hydrogen) atoms. The summed E-state index contributed by atoms with van der Waals surface area (Å²) in [5.74, 6) is 0.376. The number of carbonyl (C=O) groups is 1. The largest absolute Gasteiger partial charge is 0.493 e. The first-order valence-electron chi connectivity index (χ1n) is 8.86. The van der Waals surface area contributed by atoms with Gasteiger partial charge in [-0.05, 0) is 38.1 Å². The molecule has 0 spiro atoms. The zero-order valence-electron chi connectivity index (χ0n) is 15.6. The molecule has 0 aliphatic rings. The van der Waals surface area contributed by atoms with Gasteiger partial charge in [-0.25, -0.2) is 17.9 Å². The fraction of sp³-hybridized carbons (Fsp3) is 0.250. The third-order valence-corrected chi connectivity index (χ3v) is 5.47. The Kier molecular flexibility index (Phi) is 6.01. The number of esters is 1. The van der Waals surface area contributed by atoms with Crippen LogP contribution < -0.4 is 9.46 Å². The van der Waals surface area contributed by atoms with Crippen molar-refractivity contribution in [2.75, 3.05) is 13.2 Å². The molecule has 0 aliphatic heterocycles. The summed E-state index contributed by atoms with van der Waals surface area (Å²) in [5.41, 5.74) is 0. The Morgan fingerprint density at radius 1 is 1.00 bits per heavy atom. The Bertz CT molecular complexity index is 1090. The van der Waals surface area contributed by atoms with Gasteiger partial charge in [0.1, 0.15) is 11.5 Å². The van der Waals surface area contributed by atoms with Gasteiger partial charge in [-0.2, -0.15) is 0 Å². The second kappa shape index (κ2) is 8.45. The van der Waals surface area contributed by atoms with Crippen LogP contribution in [0.3, 0.4) is 0 Å². The molecule has 7 nitrogen and oxygen atoms in total. The number of carbonyl (C=O) groups excluding carboxylic acids is 1. The average molecular weight is 403 g/mol. The van der Waals surface area contributed by atoms with Crippen molar-refractivity contribution in [2.24, 2.45) is 0 Å². The number of benzene rings is 2. The van der Waals surface area contributed by atoms with E-state index in [0.29, 0.717) is 23.5 Å². The predicted octanol–water partition coefficient (Wildman–Crippen LogP) is 3.49. The van der Waals surface area contributed by atoms with E-state index in [-0.39, 0.29) is 23.8 Å². The van der Waals surface area contributed by atoms with E-state index < -0.39 is 16.0 Å². The van der Waals surface area contributed by atoms with Crippen LogP contribution in [0.2, 0.25) is 0 Å². The lowest BCUT2D eigenvalue weighted by Crippen LogP contribution is -2.23. The van der Waals surface area contributed by atoms with Crippen LogP contribution in [-0.4, -0.2) is 27.6 Å². The van der Waals surface area contributed by atoms with Gasteiger partial charge in [-0.3, -0.25) is 0 Å². The molecule has 3 rings (SSSR count). The molecule has 3 aromatic rings. The minimum atomic E-state index is -3.82. The quantitative estimate of drug-likeness (QED) is 0.579. The Morgan fingerprint density at radius 2 is 1.75 bits per heavy atom. The third kappa shape index (κ3) is 4.18. The fourth-order valence-electron chi connectivity index (χ4n) is 2.79. The lowest BCUT2D eigenvalue weighted by molar-refractivity contribution is 0.0488. The van der Waals surface area contributed by atoms with Crippen molar-refractivity contribution in [2.45, 2.75) is 25.3 Å². The molecule has 1 aromatic heterocycles. The molecule has 0 aliphatic carbocycles. The first-order valence-corrected chi connectivity index (χ1v) is 10.3. The van der Waals surface area contributed by atoms with Crippen LogP contribution >= 0.6 is 0 Å². The summed E-state index contributed by atoms with van der Waals surface area (Å²) < 4.78 is 44.0. The average Bonchev–Trinajstić information content (AvgIpc) is 3.16. The van der Waals surface area contributed by atoms with Crippen LogP contribution in [0, 0.1) is 0 Å². The maximum Gasteiger partial charge on any atom is 0.374 e. The van der Waals surface area contributed by atoms with Gasteiger partial charge in [0.15, 0.2) is 0 Å². The smallest absolute Gasteiger partial charge is 0.374 e. The van der Waals surface area contributed by atoms with Crippen molar-refractivity contribution < 1.29 is 27.1 Å². The highest BCUT2D eigenvalue weighted by Gasteiger charge is 2.20. The van der Waals surface area contributed by atoms with E-state index >= 15 is 0 Å². The van der Waals surface area contributed by atoms with Crippen molar-refractivity contribution in [3.63, 3.8) is 0 Å². The zero-order chi connectivity index (χ0) is 20.1. The number of fused-ring (bicyclic) bond motifs is 1. The molecule has 148 valence electrons. The third-order valence-electron chi connectivity index (χ3n) is 4.01. The molecule has 0 saturated carbocycles. The molecule has 0 bridgehead atoms. The summed E-state index contributed by atoms with van der Waals surface area (Å²) in [6, 6.07) is 13.3. The number of ether oxygens (including phenoxy) is 2. The first kappa shape index (κ1) is 19.9. The number of nitrogens with one attached hydrogen (secondary N) is 1. The van der Waals surface area contributed by atoms with E-state index in [9.17, 15) is 13.2 Å². The maximum absolute atomic E-state index is 12.8. The molecule has 0 radical (unpaired) electrons. The summed E-state index contributed by atoms with van der Waals surface area (Å²) in [5, 5.41) is 1.28. The monoisotopic (exact) mass is 403 g/mol. The minimum absolute atomic E-state index is 0.0302. The van der Waals surface area contributed by atoms with Crippen LogP contribution in [-0.2, 0) is 21.3 Å². The van der Waals surface area contributed by atoms with E-state index in [1.54, 1.807) is 25.1 Å². The summed E-state index contributed by atoms with van der Waals surface area (Å²) in [6.45, 7) is 4.18. The molecule has 0 atom stereocenters. The minimum Gasteiger partial charge on any atom is -0.493 e. The van der Waals surface area contributed by atoms with E-state index in [4.69, 9.17) is 13.9 Å². The van der Waals surface area contributed by atoms with Gasteiger partial charge < -0.3 is 13.9 Å². The maximum atomic E-state index is 12.8. The van der Waals surface area contributed by atoms with Crippen LogP contribution in [0.1, 0.15) is 30.2 Å². The number of hydrogen-bond donors (Lipinski definition) is 1. The highest BCUT2D eigenvalue weighted by Crippen LogP contribution is 2.31. The van der Waals surface area contributed by atoms with E-state index in [2.05, 4.69) is 4.72 Å². The van der Waals surface area contributed by atoms with E-state index in [0.717, 1.165) is 5.39 Å². The lowest BCUT2D eigenvalue weighted by atomic mass is 10.1. The van der Waals surface area contributed by atoms with Gasteiger partial charge in [0.2, 0.25) is 15.8 Å². The van der Waals surface area contributed by atoms with Crippen LogP contribution in [0.5, 0.6) is 5.75 Å². The normalized spacial score (nSPS) is 11.5. The topological polar surface area (TPSA) is 94.8 Å². The molecule has 0 saturated heterocycles. The van der Waals surface area contributed by atoms with Gasteiger partial charge in [0.25, 0.3) is 0 Å². The van der Waals surface area contributed by atoms with Crippen LogP contribution in [0.15, 0.2) is 57.8 Å². The summed E-state index contributed by atoms with van der Waals surface area (Å²) in [4.78, 5) is 11.8. The Hall–Kier alpha value is -2.84. The number of furan rings is 1. The first-order chi connectivity index (χ1) is 13.5. The van der Waals surface area contributed by atoms with E-state index in [1.807, 2.05) is 19.1 Å². The molecule has 8 heteroatoms. The molecule has 0 fully saturated rings. The summed E-state index contributed by atoms with van der Waals surface area (Å²) in [7, 11) is -3.82. The van der Waals surface area contributed by atoms with Crippen molar-refractivity contribution in [3.8, 4) is 5.75 Å². The predicted molar refractivity (Wildman–Crippen MR) is 104 cm³/mol. The summed E-state index contributed by atoms with van der Waals surface area (Å²) in [6.07, 6.45) is 0. The van der Waals surface area contributed by atoms with Gasteiger partial charge >= 0.3 is 5.97 Å². The number of rotatable bonds is 8. The second-order valence-corrected chi connectivity index (χ2v) is 7.59. The van der Waals surface area contributed by atoms with Gasteiger partial charge in [0.05, 0.1) is 24.7 Å². The van der Waals surface area contributed by atoms with Crippen molar-refractivity contribution in [1.82, 2.24) is 4.72 Å². The van der Waals surface area contributed by atoms with Crippen molar-refractivity contribution in [3.05, 3.63) is 60.1 Å². The lowest BCUT2D eigenvalue weighted by Gasteiger charge is -2.12. The molecule has 0 amide bonds. The Labute approximate surface area is 163 Å². The van der Waals surface area contributed by atoms with Crippen LogP contribution in [0.25, 0.3) is 10.8 Å². The highest BCUT2D eigenvalue weighted by atomic mass is 32.2. The number of hydrogen-bond acceptors (Lipinski definition) is 6. The van der Waals surface area contributed by atoms with Crippen molar-refractivity contribution in [1.29, 1.82) is 0 Å². The molecule has 1 N–H and O–H groups in total. The van der Waals surface area contributed by atoms with Crippen molar-refractivity contribution >= 4 is 26.8 Å². The number of sulfonamides is 1. The van der Waals surface area contributed by atoms with Crippen LogP contribution in [0.4, 0.5) is 0 Å². The Balaban J connectivity index is 1.84. The second-order valence-electron chi connectivity index (χ2n) is 5.85. The van der Waals surface area contributed by atoms with E-state index in [1.165, 1.54) is 18.2 Å². The molecular weight excluding hydrogens is 382 g/mol. The fourth-order valence-corrected chi connectivity index (χ4v) is 3.99. The van der Waals surface area contributed by atoms with Gasteiger partial charge in [-0.1, -0.05) is 24.3 Å². The molecule has 2 aromatic carbocycles.